The van der Waals surface area contributed by atoms with Crippen LogP contribution in [0.3, 0.4) is 0 Å². The maximum Gasteiger partial charge on any atom is 1.00 e. The van der Waals surface area contributed by atoms with E-state index < -0.39 is 12.2 Å². The Morgan fingerprint density at radius 3 is 2.50 bits per heavy atom. The predicted octanol–water partition coefficient (Wildman–Crippen LogP) is 3.13. The van der Waals surface area contributed by atoms with Crippen molar-refractivity contribution in [2.24, 2.45) is 0 Å². The number of unbranched alkanes of at least 4 members (excludes halogenated alkanes) is 1. The van der Waals surface area contributed by atoms with E-state index in [-0.39, 0.29) is 69.4 Å². The van der Waals surface area contributed by atoms with Gasteiger partial charge in [0, 0.05) is 29.7 Å². The normalized spacial score (nSPS) is 12.8. The van der Waals surface area contributed by atoms with E-state index in [1.807, 2.05) is 56.4 Å². The van der Waals surface area contributed by atoms with Crippen LogP contribution in [-0.4, -0.2) is 42.6 Å². The molecule has 1 unspecified atom stereocenters. The van der Waals surface area contributed by atoms with Crippen molar-refractivity contribution >= 4 is 11.3 Å². The molecule has 1 aliphatic rings. The summed E-state index contributed by atoms with van der Waals surface area (Å²) >= 11 is 0. The summed E-state index contributed by atoms with van der Waals surface area (Å²) in [5.41, 5.74) is 6.38. The molecule has 2 aromatic heterocycles. The fourth-order valence-corrected chi connectivity index (χ4v) is 4.29. The molecule has 46 heavy (non-hydrogen) atoms. The second-order valence-electron chi connectivity index (χ2n) is 10.5. The van der Waals surface area contributed by atoms with Gasteiger partial charge in [0.1, 0.15) is 5.82 Å². The molecule has 0 saturated carbocycles. The minimum Gasteiger partial charge on any atom is -0.528 e. The number of nitrogens with zero attached hydrogens (tertiary/aromatic N) is 4. The first-order chi connectivity index (χ1) is 21.6. The topological polar surface area (TPSA) is 137 Å². The Hall–Kier alpha value is -2.96. The summed E-state index contributed by atoms with van der Waals surface area (Å²) in [6.45, 7) is 17.1. The second-order valence-corrected chi connectivity index (χ2v) is 10.5. The Labute approximate surface area is 314 Å². The van der Waals surface area contributed by atoms with Gasteiger partial charge in [-0.1, -0.05) is 92.8 Å². The third-order valence-electron chi connectivity index (χ3n) is 6.84. The molecule has 10 heteroatoms. The summed E-state index contributed by atoms with van der Waals surface area (Å²) < 4.78 is 6.20. The van der Waals surface area contributed by atoms with Gasteiger partial charge in [0.2, 0.25) is 0 Å². The maximum absolute atomic E-state index is 13.2. The Balaban J connectivity index is 0.000000414. The van der Waals surface area contributed by atoms with Gasteiger partial charge in [-0.2, -0.15) is 5.16 Å². The zero-order chi connectivity index (χ0) is 33.4. The summed E-state index contributed by atoms with van der Waals surface area (Å²) in [5, 5.41) is 30.4. The molecule has 0 saturated heterocycles. The molecule has 2 N–H and O–H groups in total. The Kier molecular flexibility index (Phi) is 19.4. The summed E-state index contributed by atoms with van der Waals surface area (Å²) in [5.74, 6) is 1.05. The summed E-state index contributed by atoms with van der Waals surface area (Å²) in [6, 6.07) is 7.36. The van der Waals surface area contributed by atoms with Crippen LogP contribution in [0.4, 0.5) is 0 Å². The summed E-state index contributed by atoms with van der Waals surface area (Å²) in [6.07, 6.45) is 17.0. The molecule has 0 radical (unpaired) electrons. The average Bonchev–Trinajstić information content (AvgIpc) is 3.30. The van der Waals surface area contributed by atoms with Crippen LogP contribution in [0.1, 0.15) is 69.6 Å². The molecule has 1 atom stereocenters. The number of allylic oxidation sites excluding steroid dienone is 10. The molecular weight excluding hydrogens is 608 g/mol. The standard InChI is InChI=1S/C21H28N2O.C12H10N2O2.C3H8O2.K/c1-5-7-14-20-19(15-16(3)6-2)21(24)23(17(4)22-20)18-12-10-8-9-11-13-18;1-3-8(2)9-6-4-5-7-10(9)11-13-12(15)16-14-11;1-3(5)2-4;/h6,8-12H,5,7,13-15H2,1-4H3;3-7H,1-2H2,(H,13,14,15);3-5H,2H2,1H3;/q;;;+1/p-1/b16-6+;;;. The van der Waals surface area contributed by atoms with Crippen LogP contribution in [0.15, 0.2) is 94.8 Å². The fourth-order valence-electron chi connectivity index (χ4n) is 4.29. The van der Waals surface area contributed by atoms with E-state index in [9.17, 15) is 9.90 Å². The SMILES string of the molecule is C/C=C(\C)Cc1c(CCCC)nc(C)n(C2=CC=CC=CC2)c1=O.C=CC(=C)c1ccccc1-c1noc([O-])n1.CC(O)CO.[K+]. The Bertz CT molecular complexity index is 1610. The van der Waals surface area contributed by atoms with Gasteiger partial charge in [-0.15, -0.1) is 0 Å². The third kappa shape index (κ3) is 12.7. The number of aliphatic hydroxyl groups excluding tert-OH is 2. The number of benzene rings is 1. The number of aryl methyl sites for hydroxylation is 2. The third-order valence-corrected chi connectivity index (χ3v) is 6.84. The van der Waals surface area contributed by atoms with Gasteiger partial charge in [0.25, 0.3) is 5.56 Å². The van der Waals surface area contributed by atoms with Crippen molar-refractivity contribution in [2.45, 2.75) is 72.8 Å². The van der Waals surface area contributed by atoms with E-state index >= 15 is 0 Å². The van der Waals surface area contributed by atoms with Crippen molar-refractivity contribution in [2.75, 3.05) is 6.61 Å². The van der Waals surface area contributed by atoms with Crippen molar-refractivity contribution < 1.29 is 71.2 Å². The first kappa shape index (κ1) is 41.1. The van der Waals surface area contributed by atoms with E-state index in [1.54, 1.807) is 16.7 Å². The molecule has 240 valence electrons. The van der Waals surface area contributed by atoms with Gasteiger partial charge in [0.15, 0.2) is 11.9 Å². The van der Waals surface area contributed by atoms with Crippen molar-refractivity contribution in [1.29, 1.82) is 0 Å². The monoisotopic (exact) mass is 652 g/mol. The van der Waals surface area contributed by atoms with Crippen molar-refractivity contribution in [3.05, 3.63) is 119 Å². The van der Waals surface area contributed by atoms with Gasteiger partial charge in [-0.3, -0.25) is 9.36 Å². The van der Waals surface area contributed by atoms with E-state index in [4.69, 9.17) is 15.2 Å². The summed E-state index contributed by atoms with van der Waals surface area (Å²) in [4.78, 5) is 21.7. The van der Waals surface area contributed by atoms with Crippen LogP contribution >= 0.6 is 0 Å². The fraction of sp³-hybridized carbons (Fsp3) is 0.333. The van der Waals surface area contributed by atoms with Gasteiger partial charge >= 0.3 is 51.4 Å². The zero-order valence-electron chi connectivity index (χ0n) is 28.0. The van der Waals surface area contributed by atoms with Crippen LogP contribution < -0.4 is 62.1 Å². The number of aliphatic hydroxyl groups is 2. The minimum absolute atomic E-state index is 0. The van der Waals surface area contributed by atoms with Gasteiger partial charge in [-0.05, 0) is 57.7 Å². The first-order valence-electron chi connectivity index (χ1n) is 15.0. The molecule has 9 nitrogen and oxygen atoms in total. The smallest absolute Gasteiger partial charge is 0.528 e. The second kappa shape index (κ2) is 21.8. The molecule has 3 aromatic rings. The molecular formula is C36H45KN4O5. The van der Waals surface area contributed by atoms with Crippen molar-refractivity contribution in [1.82, 2.24) is 19.7 Å². The molecule has 0 spiro atoms. The van der Waals surface area contributed by atoms with Gasteiger partial charge in [-0.25, -0.2) is 9.97 Å². The Morgan fingerprint density at radius 1 is 1.22 bits per heavy atom. The number of hydrogen-bond acceptors (Lipinski definition) is 8. The molecule has 1 aromatic carbocycles. The van der Waals surface area contributed by atoms with Gasteiger partial charge < -0.3 is 19.8 Å². The number of hydrogen-bond donors (Lipinski definition) is 2. The van der Waals surface area contributed by atoms with Crippen LogP contribution in [0, 0.1) is 6.92 Å². The van der Waals surface area contributed by atoms with Crippen LogP contribution in [0.5, 0.6) is 6.08 Å². The largest absolute Gasteiger partial charge is 1.00 e. The zero-order valence-corrected chi connectivity index (χ0v) is 31.1. The Morgan fingerprint density at radius 2 is 1.91 bits per heavy atom. The molecule has 2 heterocycles. The van der Waals surface area contributed by atoms with Crippen molar-refractivity contribution in [3.8, 4) is 17.5 Å². The molecule has 1 aliphatic carbocycles. The predicted molar refractivity (Wildman–Crippen MR) is 179 cm³/mol. The first-order valence-corrected chi connectivity index (χ1v) is 15.0. The van der Waals surface area contributed by atoms with Crippen LogP contribution in [0.2, 0.25) is 0 Å². The summed E-state index contributed by atoms with van der Waals surface area (Å²) in [7, 11) is 0. The quantitative estimate of drug-likeness (QED) is 0.194. The average molecular weight is 653 g/mol. The van der Waals surface area contributed by atoms with E-state index in [1.165, 1.54) is 12.5 Å². The molecule has 0 amide bonds. The van der Waals surface area contributed by atoms with Crippen LogP contribution in [-0.2, 0) is 12.8 Å². The minimum atomic E-state index is -0.700. The maximum atomic E-state index is 13.2. The number of aromatic nitrogens is 4. The van der Waals surface area contributed by atoms with E-state index in [0.717, 1.165) is 59.6 Å². The number of rotatable bonds is 10. The molecule has 0 bridgehead atoms. The van der Waals surface area contributed by atoms with Crippen LogP contribution in [0.25, 0.3) is 22.7 Å². The molecule has 0 aliphatic heterocycles. The molecule has 4 rings (SSSR count). The van der Waals surface area contributed by atoms with Gasteiger partial charge in [0.05, 0.1) is 18.4 Å². The van der Waals surface area contributed by atoms with E-state index in [0.29, 0.717) is 12.0 Å². The molecule has 0 fully saturated rings. The van der Waals surface area contributed by atoms with E-state index in [2.05, 4.69) is 53.8 Å². The van der Waals surface area contributed by atoms with Crippen molar-refractivity contribution in [3.63, 3.8) is 0 Å².